The number of para-hydroxylation sites is 1. The Bertz CT molecular complexity index is 1940. The molecule has 1 fully saturated rings. The first-order valence-electron chi connectivity index (χ1n) is 13.4. The fraction of sp³-hybridized carbons (Fsp3) is 0.250. The lowest BCUT2D eigenvalue weighted by molar-refractivity contribution is -0.139. The third-order valence-electron chi connectivity index (χ3n) is 9.20. The van der Waals surface area contributed by atoms with Crippen LogP contribution in [-0.2, 0) is 16.1 Å². The van der Waals surface area contributed by atoms with Crippen molar-refractivity contribution in [3.63, 3.8) is 0 Å². The van der Waals surface area contributed by atoms with E-state index in [1.54, 1.807) is 37.3 Å². The number of Topliss-reactive ketones (excluding diaryl/α,β-unsaturated/α-hetero) is 1. The number of rotatable bonds is 2. The third kappa shape index (κ3) is 3.07. The van der Waals surface area contributed by atoms with Crippen molar-refractivity contribution in [2.75, 3.05) is 0 Å². The zero-order chi connectivity index (χ0) is 27.9. The highest BCUT2D eigenvalue weighted by atomic mass is 16.3. The zero-order valence-corrected chi connectivity index (χ0v) is 22.1. The van der Waals surface area contributed by atoms with E-state index in [1.807, 2.05) is 49.4 Å². The minimum Gasteiger partial charge on any atom is -0.507 e. The quantitative estimate of drug-likeness (QED) is 0.392. The smallest absolute Gasteiger partial charge is 0.352 e. The van der Waals surface area contributed by atoms with Gasteiger partial charge in [-0.25, -0.2) is 23.5 Å². The Morgan fingerprint density at radius 3 is 2.33 bits per heavy atom. The van der Waals surface area contributed by atoms with Gasteiger partial charge in [0.15, 0.2) is 11.6 Å². The van der Waals surface area contributed by atoms with Gasteiger partial charge in [-0.3, -0.25) is 9.59 Å². The van der Waals surface area contributed by atoms with Gasteiger partial charge in [-0.1, -0.05) is 61.5 Å². The van der Waals surface area contributed by atoms with Gasteiger partial charge in [-0.15, -0.1) is 0 Å². The molecule has 1 aromatic heterocycles. The molecule has 0 spiro atoms. The van der Waals surface area contributed by atoms with E-state index in [1.165, 1.54) is 15.4 Å². The first-order chi connectivity index (χ1) is 19.2. The molecule has 0 amide bonds. The Hall–Kier alpha value is -4.72. The molecule has 0 saturated heterocycles. The van der Waals surface area contributed by atoms with Gasteiger partial charge in [0.1, 0.15) is 5.75 Å². The van der Waals surface area contributed by atoms with Gasteiger partial charge in [0.2, 0.25) is 0 Å². The maximum atomic E-state index is 13.9. The number of phenols is 1. The fourth-order valence-electron chi connectivity index (χ4n) is 7.24. The molecule has 2 aliphatic carbocycles. The van der Waals surface area contributed by atoms with E-state index in [2.05, 4.69) is 0 Å². The van der Waals surface area contributed by atoms with Crippen molar-refractivity contribution < 1.29 is 14.7 Å². The number of ketones is 2. The maximum absolute atomic E-state index is 13.9. The van der Waals surface area contributed by atoms with Gasteiger partial charge in [0.05, 0.1) is 23.7 Å². The summed E-state index contributed by atoms with van der Waals surface area (Å²) in [5, 5.41) is 12.0. The second-order valence-electron chi connectivity index (χ2n) is 11.2. The molecule has 8 nitrogen and oxygen atoms in total. The van der Waals surface area contributed by atoms with E-state index in [9.17, 15) is 24.3 Å². The Morgan fingerprint density at radius 1 is 0.875 bits per heavy atom. The predicted molar refractivity (Wildman–Crippen MR) is 150 cm³/mol. The third-order valence-corrected chi connectivity index (χ3v) is 9.20. The second kappa shape index (κ2) is 8.39. The summed E-state index contributed by atoms with van der Waals surface area (Å²) in [6.45, 7) is 3.67. The van der Waals surface area contributed by atoms with E-state index in [4.69, 9.17) is 0 Å². The predicted octanol–water partition coefficient (Wildman–Crippen LogP) is 4.05. The molecule has 7 rings (SSSR count). The summed E-state index contributed by atoms with van der Waals surface area (Å²) in [7, 11) is 0. The number of fused-ring (bicyclic) bond motifs is 5. The van der Waals surface area contributed by atoms with Crippen molar-refractivity contribution in [3.05, 3.63) is 117 Å². The van der Waals surface area contributed by atoms with Crippen LogP contribution >= 0.6 is 0 Å². The zero-order valence-electron chi connectivity index (χ0n) is 22.1. The Balaban J connectivity index is 1.51. The molecule has 1 N–H and O–H groups in total. The van der Waals surface area contributed by atoms with Crippen LogP contribution in [-0.4, -0.2) is 30.6 Å². The summed E-state index contributed by atoms with van der Waals surface area (Å²) >= 11 is 0. The molecule has 0 bridgehead atoms. The van der Waals surface area contributed by atoms with Gasteiger partial charge in [-0.05, 0) is 59.7 Å². The van der Waals surface area contributed by atoms with Gasteiger partial charge in [0.25, 0.3) is 0 Å². The molecule has 0 unspecified atom stereocenters. The second-order valence-corrected chi connectivity index (χ2v) is 11.2. The van der Waals surface area contributed by atoms with Crippen LogP contribution in [0.3, 0.4) is 0 Å². The van der Waals surface area contributed by atoms with E-state index in [0.29, 0.717) is 16.6 Å². The number of benzene rings is 3. The molecular weight excluding hydrogens is 506 g/mol. The molecular formula is C32H27N3O5. The molecule has 3 aliphatic rings. The number of aromatic nitrogens is 3. The molecule has 1 aliphatic heterocycles. The van der Waals surface area contributed by atoms with Gasteiger partial charge < -0.3 is 5.11 Å². The summed E-state index contributed by atoms with van der Waals surface area (Å²) in [4.78, 5) is 55.0. The largest absolute Gasteiger partial charge is 0.507 e. The van der Waals surface area contributed by atoms with Crippen molar-refractivity contribution >= 4 is 22.3 Å². The lowest BCUT2D eigenvalue weighted by Gasteiger charge is -2.52. The van der Waals surface area contributed by atoms with E-state index >= 15 is 0 Å². The van der Waals surface area contributed by atoms with Crippen molar-refractivity contribution in [2.45, 2.75) is 38.8 Å². The highest BCUT2D eigenvalue weighted by Crippen LogP contribution is 2.60. The first kappa shape index (κ1) is 24.3. The van der Waals surface area contributed by atoms with Crippen LogP contribution < -0.4 is 11.4 Å². The van der Waals surface area contributed by atoms with Crippen molar-refractivity contribution in [2.24, 2.45) is 11.3 Å². The Labute approximate surface area is 229 Å². The molecule has 8 heteroatoms. The molecule has 3 aromatic carbocycles. The molecule has 1 saturated carbocycles. The van der Waals surface area contributed by atoms with Crippen molar-refractivity contribution in [1.82, 2.24) is 13.9 Å². The van der Waals surface area contributed by atoms with E-state index in [-0.39, 0.29) is 30.3 Å². The topological polar surface area (TPSA) is 103 Å². The number of carbonyl (C=O) groups is 2. The highest BCUT2D eigenvalue weighted by Gasteiger charge is 2.59. The highest BCUT2D eigenvalue weighted by molar-refractivity contribution is 6.13. The number of carbonyl (C=O) groups excluding carboxylic acids is 2. The summed E-state index contributed by atoms with van der Waals surface area (Å²) in [6.07, 6.45) is 3.62. The summed E-state index contributed by atoms with van der Waals surface area (Å²) in [5.74, 6) is -1.38. The molecule has 40 heavy (non-hydrogen) atoms. The molecule has 4 aromatic rings. The molecule has 4 atom stereocenters. The lowest BCUT2D eigenvalue weighted by atomic mass is 9.51. The number of aromatic hydroxyl groups is 1. The van der Waals surface area contributed by atoms with Gasteiger partial charge >= 0.3 is 11.4 Å². The number of hydrogen-bond acceptors (Lipinski definition) is 5. The van der Waals surface area contributed by atoms with Crippen LogP contribution in [0.25, 0.3) is 16.5 Å². The van der Waals surface area contributed by atoms with Crippen LogP contribution in [0.15, 0.2) is 99.6 Å². The van der Waals surface area contributed by atoms with Crippen molar-refractivity contribution in [1.29, 1.82) is 0 Å². The average molecular weight is 534 g/mol. The summed E-state index contributed by atoms with van der Waals surface area (Å²) in [5.41, 5.74) is 0.468. The van der Waals surface area contributed by atoms with Gasteiger partial charge in [-0.2, -0.15) is 0 Å². The van der Waals surface area contributed by atoms with Gasteiger partial charge in [0, 0.05) is 17.2 Å². The van der Waals surface area contributed by atoms with Crippen LogP contribution in [0.2, 0.25) is 0 Å². The number of hydrogen-bond donors (Lipinski definition) is 1. The number of allylic oxidation sites excluding steroid dienone is 4. The lowest BCUT2D eigenvalue weighted by Crippen LogP contribution is -2.54. The SMILES string of the molecule is CC1=CC(=O)[C@@]2(C)[C@@H](c3ccc(O)c4ccccc34)C3=CCn4c(=O)n(-c5ccccc5)c(=O)n4[C@@H]3C[C@H]2C1=O. The number of phenolic OH excluding ortho intramolecular Hbond substituents is 1. The van der Waals surface area contributed by atoms with Crippen LogP contribution in [0.5, 0.6) is 5.75 Å². The first-order valence-corrected chi connectivity index (χ1v) is 13.4. The average Bonchev–Trinajstić information content (AvgIpc) is 3.22. The minimum absolute atomic E-state index is 0.121. The molecule has 2 heterocycles. The molecule has 0 radical (unpaired) electrons. The van der Waals surface area contributed by atoms with Crippen LogP contribution in [0, 0.1) is 11.3 Å². The minimum atomic E-state index is -1.10. The maximum Gasteiger partial charge on any atom is 0.352 e. The summed E-state index contributed by atoms with van der Waals surface area (Å²) < 4.78 is 4.07. The van der Waals surface area contributed by atoms with Crippen molar-refractivity contribution in [3.8, 4) is 11.4 Å². The van der Waals surface area contributed by atoms with Crippen LogP contribution in [0.1, 0.15) is 37.8 Å². The van der Waals surface area contributed by atoms with E-state index in [0.717, 1.165) is 21.1 Å². The summed E-state index contributed by atoms with van der Waals surface area (Å²) in [6, 6.07) is 19.1. The Kier molecular flexibility index (Phi) is 5.10. The van der Waals surface area contributed by atoms with Crippen LogP contribution in [0.4, 0.5) is 0 Å². The molecule has 200 valence electrons. The Morgan fingerprint density at radius 2 is 1.57 bits per heavy atom. The van der Waals surface area contributed by atoms with E-state index < -0.39 is 34.7 Å². The number of nitrogens with zero attached hydrogens (tertiary/aromatic N) is 3. The standard InChI is InChI=1S/C32H27N3O5/c1-18-16-27(37)32(2)24(29(18)38)17-25-23(28(32)22-12-13-26(36)21-11-7-6-10-20(21)22)14-15-33-30(39)34(31(40)35(25)33)19-8-4-3-5-9-19/h3-14,16,24-25,28,36H,15,17H2,1-2H3/t24-,25+,28-,32-/m0/s1. The monoisotopic (exact) mass is 533 g/mol. The normalized spacial score (nSPS) is 25.6. The fourth-order valence-corrected chi connectivity index (χ4v) is 7.24.